The molecule has 0 aromatic carbocycles. The minimum absolute atomic E-state index is 0.654. The van der Waals surface area contributed by atoms with Crippen LogP contribution in [0.1, 0.15) is 5.56 Å². The first-order valence-electron chi connectivity index (χ1n) is 7.75. The number of aliphatic imine (C=N–C) groups is 1. The first-order valence-corrected chi connectivity index (χ1v) is 7.75. The molecular formula is C16H28N6. The lowest BCUT2D eigenvalue weighted by molar-refractivity contribution is 0.312. The molecule has 0 spiro atoms. The highest BCUT2D eigenvalue weighted by Crippen LogP contribution is 2.19. The van der Waals surface area contributed by atoms with Crippen molar-refractivity contribution in [2.24, 2.45) is 4.99 Å². The van der Waals surface area contributed by atoms with Gasteiger partial charge in [0.05, 0.1) is 6.54 Å². The SMILES string of the molecule is CN1CCN(c2ncccc2CN=C(N(C)C)N(C)C)CC1. The van der Waals surface area contributed by atoms with Gasteiger partial charge in [-0.25, -0.2) is 9.98 Å². The first-order chi connectivity index (χ1) is 10.5. The maximum absolute atomic E-state index is 4.75. The van der Waals surface area contributed by atoms with Crippen molar-refractivity contribution < 1.29 is 0 Å². The van der Waals surface area contributed by atoms with E-state index in [-0.39, 0.29) is 0 Å². The molecular weight excluding hydrogens is 276 g/mol. The van der Waals surface area contributed by atoms with Crippen LogP contribution in [0.3, 0.4) is 0 Å². The molecule has 0 bridgehead atoms. The summed E-state index contributed by atoms with van der Waals surface area (Å²) < 4.78 is 0. The fourth-order valence-electron chi connectivity index (χ4n) is 2.70. The highest BCUT2D eigenvalue weighted by molar-refractivity contribution is 5.79. The van der Waals surface area contributed by atoms with Gasteiger partial charge in [0.2, 0.25) is 0 Å². The van der Waals surface area contributed by atoms with Crippen molar-refractivity contribution in [3.05, 3.63) is 23.9 Å². The number of aromatic nitrogens is 1. The zero-order valence-electron chi connectivity index (χ0n) is 14.5. The zero-order valence-corrected chi connectivity index (χ0v) is 14.5. The Morgan fingerprint density at radius 2 is 1.77 bits per heavy atom. The molecule has 1 aliphatic heterocycles. The van der Waals surface area contributed by atoms with Crippen LogP contribution in [0.4, 0.5) is 5.82 Å². The molecule has 1 fully saturated rings. The van der Waals surface area contributed by atoms with Gasteiger partial charge in [-0.2, -0.15) is 0 Å². The van der Waals surface area contributed by atoms with E-state index in [1.165, 1.54) is 5.56 Å². The van der Waals surface area contributed by atoms with Crippen molar-refractivity contribution in [2.75, 3.05) is 66.3 Å². The number of hydrogen-bond donors (Lipinski definition) is 0. The third-order valence-electron chi connectivity index (χ3n) is 3.86. The maximum Gasteiger partial charge on any atom is 0.195 e. The average molecular weight is 304 g/mol. The Balaban J connectivity index is 2.16. The summed E-state index contributed by atoms with van der Waals surface area (Å²) in [5, 5.41) is 0. The number of rotatable bonds is 3. The van der Waals surface area contributed by atoms with Gasteiger partial charge < -0.3 is 19.6 Å². The summed E-state index contributed by atoms with van der Waals surface area (Å²) >= 11 is 0. The second-order valence-corrected chi connectivity index (χ2v) is 6.18. The molecule has 1 aromatic rings. The van der Waals surface area contributed by atoms with Gasteiger partial charge in [-0.3, -0.25) is 0 Å². The van der Waals surface area contributed by atoms with E-state index < -0.39 is 0 Å². The summed E-state index contributed by atoms with van der Waals surface area (Å²) in [5.74, 6) is 2.05. The molecule has 0 saturated carbocycles. The van der Waals surface area contributed by atoms with Crippen molar-refractivity contribution in [3.63, 3.8) is 0 Å². The van der Waals surface area contributed by atoms with Crippen molar-refractivity contribution in [1.29, 1.82) is 0 Å². The number of likely N-dealkylation sites (N-methyl/N-ethyl adjacent to an activating group) is 1. The minimum Gasteiger partial charge on any atom is -0.354 e. The molecule has 1 aromatic heterocycles. The number of guanidine groups is 1. The Hall–Kier alpha value is -1.82. The summed E-state index contributed by atoms with van der Waals surface area (Å²) in [7, 11) is 10.2. The normalized spacial score (nSPS) is 15.6. The lowest BCUT2D eigenvalue weighted by Gasteiger charge is -2.34. The predicted octanol–water partition coefficient (Wildman–Crippen LogP) is 0.813. The number of nitrogens with zero attached hydrogens (tertiary/aromatic N) is 6. The van der Waals surface area contributed by atoms with Gasteiger partial charge in [-0.15, -0.1) is 0 Å². The van der Waals surface area contributed by atoms with E-state index in [0.717, 1.165) is 38.0 Å². The van der Waals surface area contributed by atoms with Crippen LogP contribution in [0.5, 0.6) is 0 Å². The van der Waals surface area contributed by atoms with Gasteiger partial charge in [0.25, 0.3) is 0 Å². The van der Waals surface area contributed by atoms with E-state index in [1.54, 1.807) is 0 Å². The van der Waals surface area contributed by atoms with Crippen molar-refractivity contribution in [3.8, 4) is 0 Å². The molecule has 0 radical (unpaired) electrons. The van der Waals surface area contributed by atoms with Crippen LogP contribution in [-0.2, 0) is 6.54 Å². The lowest BCUT2D eigenvalue weighted by atomic mass is 10.2. The van der Waals surface area contributed by atoms with Crippen LogP contribution >= 0.6 is 0 Å². The van der Waals surface area contributed by atoms with Gasteiger partial charge in [0.15, 0.2) is 5.96 Å². The largest absolute Gasteiger partial charge is 0.354 e. The van der Waals surface area contributed by atoms with Crippen LogP contribution in [0.15, 0.2) is 23.3 Å². The quantitative estimate of drug-likeness (QED) is 0.610. The summed E-state index contributed by atoms with van der Waals surface area (Å²) in [6.07, 6.45) is 1.87. The van der Waals surface area contributed by atoms with Gasteiger partial charge in [0.1, 0.15) is 5.82 Å². The highest BCUT2D eigenvalue weighted by atomic mass is 15.3. The third-order valence-corrected chi connectivity index (χ3v) is 3.86. The summed E-state index contributed by atoms with van der Waals surface area (Å²) in [4.78, 5) is 18.2. The van der Waals surface area contributed by atoms with Crippen molar-refractivity contribution in [1.82, 2.24) is 19.7 Å². The molecule has 0 unspecified atom stereocenters. The summed E-state index contributed by atoms with van der Waals surface area (Å²) in [5.41, 5.74) is 1.19. The van der Waals surface area contributed by atoms with E-state index in [2.05, 4.69) is 27.9 Å². The summed E-state index contributed by atoms with van der Waals surface area (Å²) in [6, 6.07) is 4.13. The fourth-order valence-corrected chi connectivity index (χ4v) is 2.70. The van der Waals surface area contributed by atoms with E-state index in [1.807, 2.05) is 50.3 Å². The molecule has 2 rings (SSSR count). The Morgan fingerprint density at radius 3 is 2.36 bits per heavy atom. The van der Waals surface area contributed by atoms with E-state index in [9.17, 15) is 0 Å². The number of hydrogen-bond acceptors (Lipinski definition) is 4. The Kier molecular flexibility index (Phi) is 5.60. The Morgan fingerprint density at radius 1 is 1.14 bits per heavy atom. The number of piperazine rings is 1. The number of anilines is 1. The molecule has 6 nitrogen and oxygen atoms in total. The molecule has 122 valence electrons. The monoisotopic (exact) mass is 304 g/mol. The fraction of sp³-hybridized carbons (Fsp3) is 0.625. The second kappa shape index (κ2) is 7.45. The smallest absolute Gasteiger partial charge is 0.195 e. The maximum atomic E-state index is 4.75. The predicted molar refractivity (Wildman–Crippen MR) is 92.5 cm³/mol. The molecule has 6 heteroatoms. The van der Waals surface area contributed by atoms with E-state index >= 15 is 0 Å². The average Bonchev–Trinajstić information content (AvgIpc) is 2.48. The molecule has 22 heavy (non-hydrogen) atoms. The molecule has 1 saturated heterocycles. The topological polar surface area (TPSA) is 38.2 Å². The van der Waals surface area contributed by atoms with Gasteiger partial charge in [-0.1, -0.05) is 6.07 Å². The van der Waals surface area contributed by atoms with E-state index in [4.69, 9.17) is 4.99 Å². The molecule has 0 atom stereocenters. The molecule has 0 aliphatic carbocycles. The summed E-state index contributed by atoms with van der Waals surface area (Å²) in [6.45, 7) is 4.87. The highest BCUT2D eigenvalue weighted by Gasteiger charge is 2.18. The standard InChI is InChI=1S/C16H28N6/c1-19(2)16(20(3)4)18-13-14-7-6-8-17-15(14)22-11-9-21(5)10-12-22/h6-8H,9-13H2,1-5H3. The van der Waals surface area contributed by atoms with Crippen LogP contribution in [-0.4, -0.2) is 87.1 Å². The van der Waals surface area contributed by atoms with Crippen molar-refractivity contribution in [2.45, 2.75) is 6.54 Å². The zero-order chi connectivity index (χ0) is 16.1. The Bertz CT molecular complexity index is 493. The third kappa shape index (κ3) is 4.10. The van der Waals surface area contributed by atoms with E-state index in [0.29, 0.717) is 6.54 Å². The Labute approximate surface area is 134 Å². The molecule has 1 aliphatic rings. The molecule has 0 amide bonds. The van der Waals surface area contributed by atoms with Crippen LogP contribution in [0.25, 0.3) is 0 Å². The van der Waals surface area contributed by atoms with Crippen LogP contribution < -0.4 is 4.90 Å². The van der Waals surface area contributed by atoms with Crippen LogP contribution in [0.2, 0.25) is 0 Å². The number of pyridine rings is 1. The first kappa shape index (κ1) is 16.5. The van der Waals surface area contributed by atoms with Crippen LogP contribution in [0, 0.1) is 0 Å². The minimum atomic E-state index is 0.654. The lowest BCUT2D eigenvalue weighted by Crippen LogP contribution is -2.45. The molecule has 2 heterocycles. The van der Waals surface area contributed by atoms with Gasteiger partial charge in [-0.05, 0) is 13.1 Å². The second-order valence-electron chi connectivity index (χ2n) is 6.18. The van der Waals surface area contributed by atoms with Crippen molar-refractivity contribution >= 4 is 11.8 Å². The van der Waals surface area contributed by atoms with Gasteiger partial charge in [0, 0.05) is 66.1 Å². The molecule has 0 N–H and O–H groups in total. The van der Waals surface area contributed by atoms with Gasteiger partial charge >= 0.3 is 0 Å².